The molecule has 0 saturated heterocycles. The van der Waals surface area contributed by atoms with Crippen LogP contribution in [0.3, 0.4) is 0 Å². The lowest BCUT2D eigenvalue weighted by Gasteiger charge is -2.28. The summed E-state index contributed by atoms with van der Waals surface area (Å²) < 4.78 is 43.7. The van der Waals surface area contributed by atoms with Crippen molar-refractivity contribution in [1.82, 2.24) is 0 Å². The first-order valence-corrected chi connectivity index (χ1v) is 11.3. The van der Waals surface area contributed by atoms with Gasteiger partial charge in [-0.3, -0.25) is 4.52 Å². The fourth-order valence-corrected chi connectivity index (χ4v) is 5.88. The van der Waals surface area contributed by atoms with Crippen LogP contribution in [0, 0.1) is 0 Å². The molecule has 5 N–H and O–H groups in total. The topological polar surface area (TPSA) is 180 Å². The predicted molar refractivity (Wildman–Crippen MR) is 85.8 cm³/mol. The Balaban J connectivity index is 2.77. The van der Waals surface area contributed by atoms with E-state index in [4.69, 9.17) is 22.5 Å². The SMILES string of the molecule is [B]C1CC(O)C(I)(COP(=O)(O)OP(=O)(O)OP(=O)(O)O)C1=C. The molecule has 0 amide bonds. The van der Waals surface area contributed by atoms with E-state index in [0.29, 0.717) is 5.57 Å². The molecule has 0 aliphatic heterocycles. The number of phosphoric acid groups is 3. The molecule has 5 unspecified atom stereocenters. The van der Waals surface area contributed by atoms with Crippen LogP contribution in [0.4, 0.5) is 0 Å². The first kappa shape index (κ1) is 21.9. The van der Waals surface area contributed by atoms with Crippen LogP contribution in [0.25, 0.3) is 0 Å². The highest BCUT2D eigenvalue weighted by atomic mass is 127. The van der Waals surface area contributed by atoms with Crippen molar-refractivity contribution in [3.63, 3.8) is 0 Å². The Morgan fingerprint density at radius 2 is 1.74 bits per heavy atom. The van der Waals surface area contributed by atoms with Gasteiger partial charge in [0.2, 0.25) is 0 Å². The van der Waals surface area contributed by atoms with E-state index in [1.54, 1.807) is 22.6 Å². The molecule has 0 aromatic rings. The van der Waals surface area contributed by atoms with Gasteiger partial charge in [-0.25, -0.2) is 13.7 Å². The fraction of sp³-hybridized carbons (Fsp3) is 0.714. The molecule has 0 bridgehead atoms. The van der Waals surface area contributed by atoms with Crippen LogP contribution in [0.1, 0.15) is 6.42 Å². The van der Waals surface area contributed by atoms with Crippen molar-refractivity contribution in [2.75, 3.05) is 6.61 Å². The molecule has 0 spiro atoms. The van der Waals surface area contributed by atoms with Crippen molar-refractivity contribution < 1.29 is 51.5 Å². The lowest BCUT2D eigenvalue weighted by atomic mass is 9.82. The molecule has 1 fully saturated rings. The zero-order chi connectivity index (χ0) is 18.3. The molecule has 2 radical (unpaired) electrons. The molecule has 0 aromatic heterocycles. The number of alkyl halides is 1. The van der Waals surface area contributed by atoms with Gasteiger partial charge in [-0.1, -0.05) is 40.6 Å². The summed E-state index contributed by atoms with van der Waals surface area (Å²) in [5.41, 5.74) is 0.323. The van der Waals surface area contributed by atoms with E-state index in [9.17, 15) is 23.7 Å². The molecular weight excluding hydrogens is 491 g/mol. The van der Waals surface area contributed by atoms with E-state index in [-0.39, 0.29) is 6.42 Å². The first-order valence-electron chi connectivity index (χ1n) is 5.68. The maximum absolute atomic E-state index is 11.6. The van der Waals surface area contributed by atoms with E-state index in [1.807, 2.05) is 0 Å². The summed E-state index contributed by atoms with van der Waals surface area (Å²) in [6, 6.07) is 0. The number of halogens is 1. The van der Waals surface area contributed by atoms with Crippen LogP contribution in [0.2, 0.25) is 5.82 Å². The first-order chi connectivity index (χ1) is 10.1. The molecule has 5 atom stereocenters. The second kappa shape index (κ2) is 7.26. The minimum atomic E-state index is -5.57. The summed E-state index contributed by atoms with van der Waals surface area (Å²) in [4.78, 5) is 35.2. The number of hydrogen-bond acceptors (Lipinski definition) is 7. The Bertz CT molecular complexity index is 621. The van der Waals surface area contributed by atoms with Gasteiger partial charge in [-0.15, -0.1) is 0 Å². The van der Waals surface area contributed by atoms with Crippen molar-refractivity contribution in [1.29, 1.82) is 0 Å². The van der Waals surface area contributed by atoms with Crippen LogP contribution < -0.4 is 0 Å². The zero-order valence-electron chi connectivity index (χ0n) is 11.3. The fourth-order valence-electron chi connectivity index (χ4n) is 1.76. The number of aliphatic hydroxyl groups is 1. The molecule has 132 valence electrons. The van der Waals surface area contributed by atoms with Gasteiger partial charge in [0.1, 0.15) is 0 Å². The number of aliphatic hydroxyl groups excluding tert-OH is 1. The van der Waals surface area contributed by atoms with Gasteiger partial charge in [-0.05, 0) is 6.42 Å². The molecule has 1 saturated carbocycles. The van der Waals surface area contributed by atoms with E-state index >= 15 is 0 Å². The molecule has 1 rings (SSSR count). The second-order valence-electron chi connectivity index (χ2n) is 4.61. The number of hydrogen-bond donors (Lipinski definition) is 5. The van der Waals surface area contributed by atoms with Crippen LogP contribution in [-0.4, -0.2) is 48.7 Å². The highest BCUT2D eigenvalue weighted by Gasteiger charge is 2.49. The predicted octanol–water partition coefficient (Wildman–Crippen LogP) is 0.781. The lowest BCUT2D eigenvalue weighted by molar-refractivity contribution is 0.116. The Hall–Kier alpha value is 0.905. The summed E-state index contributed by atoms with van der Waals surface area (Å²) in [5.74, 6) is -0.577. The molecule has 0 heterocycles. The van der Waals surface area contributed by atoms with Gasteiger partial charge in [-0.2, -0.15) is 8.62 Å². The average Bonchev–Trinajstić information content (AvgIpc) is 2.47. The largest absolute Gasteiger partial charge is 0.490 e. The molecule has 11 nitrogen and oxygen atoms in total. The molecule has 16 heteroatoms. The normalized spacial score (nSPS) is 34.1. The van der Waals surface area contributed by atoms with E-state index in [2.05, 4.69) is 19.7 Å². The number of rotatable bonds is 7. The van der Waals surface area contributed by atoms with E-state index < -0.39 is 45.4 Å². The van der Waals surface area contributed by atoms with Crippen molar-refractivity contribution in [2.45, 2.75) is 21.8 Å². The Kier molecular flexibility index (Phi) is 6.93. The van der Waals surface area contributed by atoms with Crippen LogP contribution in [0.15, 0.2) is 12.2 Å². The minimum absolute atomic E-state index is 0.127. The van der Waals surface area contributed by atoms with E-state index in [1.165, 1.54) is 0 Å². The second-order valence-corrected chi connectivity index (χ2v) is 11.0. The van der Waals surface area contributed by atoms with Crippen molar-refractivity contribution in [2.24, 2.45) is 0 Å². The minimum Gasteiger partial charge on any atom is -0.391 e. The van der Waals surface area contributed by atoms with Gasteiger partial charge in [0.05, 0.1) is 24.0 Å². The lowest BCUT2D eigenvalue weighted by Crippen LogP contribution is -2.36. The third kappa shape index (κ3) is 6.29. The summed E-state index contributed by atoms with van der Waals surface area (Å²) in [6.07, 6.45) is -0.931. The maximum Gasteiger partial charge on any atom is 0.490 e. The van der Waals surface area contributed by atoms with Gasteiger partial charge >= 0.3 is 23.5 Å². The van der Waals surface area contributed by atoms with Gasteiger partial charge in [0.25, 0.3) is 0 Å². The van der Waals surface area contributed by atoms with Gasteiger partial charge in [0, 0.05) is 0 Å². The van der Waals surface area contributed by atoms with Crippen molar-refractivity contribution >= 4 is 53.9 Å². The summed E-state index contributed by atoms with van der Waals surface area (Å²) in [7, 11) is -10.6. The van der Waals surface area contributed by atoms with E-state index in [0.717, 1.165) is 0 Å². The summed E-state index contributed by atoms with van der Waals surface area (Å²) in [6.45, 7) is 2.98. The highest BCUT2D eigenvalue weighted by molar-refractivity contribution is 14.1. The van der Waals surface area contributed by atoms with Crippen LogP contribution in [-0.2, 0) is 26.8 Å². The Morgan fingerprint density at radius 3 is 2.13 bits per heavy atom. The van der Waals surface area contributed by atoms with Crippen LogP contribution in [0.5, 0.6) is 0 Å². The smallest absolute Gasteiger partial charge is 0.391 e. The summed E-state index contributed by atoms with van der Waals surface area (Å²) in [5, 5.41) is 9.90. The van der Waals surface area contributed by atoms with Gasteiger partial charge in [0.15, 0.2) is 0 Å². The summed E-state index contributed by atoms with van der Waals surface area (Å²) >= 11 is 1.70. The Morgan fingerprint density at radius 1 is 1.22 bits per heavy atom. The third-order valence-electron chi connectivity index (χ3n) is 2.84. The standard InChI is InChI=1S/C7H13BIO11P3/c1-4-5(8)2-6(10)7(4,9)3-18-22(14,15)20-23(16,17)19-21(11,12)13/h5-6,10H,1-3H2,(H,14,15)(H,16,17)(H2,11,12,13). The van der Waals surface area contributed by atoms with Crippen LogP contribution >= 0.6 is 46.1 Å². The molecule has 0 aromatic carbocycles. The number of phosphoric ester groups is 1. The van der Waals surface area contributed by atoms with Crippen molar-refractivity contribution in [3.8, 4) is 0 Å². The highest BCUT2D eigenvalue weighted by Crippen LogP contribution is 2.66. The monoisotopic (exact) mass is 504 g/mol. The maximum atomic E-state index is 11.6. The molecule has 1 aliphatic rings. The zero-order valence-corrected chi connectivity index (χ0v) is 16.1. The third-order valence-corrected chi connectivity index (χ3v) is 8.35. The van der Waals surface area contributed by atoms with Crippen molar-refractivity contribution in [3.05, 3.63) is 12.2 Å². The van der Waals surface area contributed by atoms with Gasteiger partial charge < -0.3 is 24.7 Å². The molecule has 23 heavy (non-hydrogen) atoms. The quantitative estimate of drug-likeness (QED) is 0.109. The molecular formula is C7H13BIO11P3. The average molecular weight is 504 g/mol. The molecule has 1 aliphatic carbocycles. The Labute approximate surface area is 146 Å².